The Labute approximate surface area is 356 Å². The molecule has 0 radical (unpaired) electrons. The van der Waals surface area contributed by atoms with Crippen LogP contribution in [0.15, 0.2) is 0 Å². The van der Waals surface area contributed by atoms with Gasteiger partial charge in [-0.15, -0.1) is 0 Å². The van der Waals surface area contributed by atoms with E-state index in [0.717, 1.165) is 47.3 Å². The summed E-state index contributed by atoms with van der Waals surface area (Å²) in [5.41, 5.74) is 0. The van der Waals surface area contributed by atoms with E-state index in [4.69, 9.17) is 0 Å². The van der Waals surface area contributed by atoms with Crippen LogP contribution >= 0.6 is 0 Å². The molecule has 14 aliphatic rings. The molecule has 328 valence electrons. The second-order valence-electron chi connectivity index (χ2n) is 24.5. The Hall–Kier alpha value is -0.183. The third kappa shape index (κ3) is 5.83. The van der Waals surface area contributed by atoms with Crippen molar-refractivity contribution in [1.29, 1.82) is 0 Å². The van der Waals surface area contributed by atoms with Gasteiger partial charge in [-0.25, -0.2) is 9.13 Å². The van der Waals surface area contributed by atoms with Gasteiger partial charge in [-0.1, -0.05) is 103 Å². The fourth-order valence-corrected chi connectivity index (χ4v) is 22.8. The first-order valence-electron chi connectivity index (χ1n) is 26.5. The van der Waals surface area contributed by atoms with Gasteiger partial charge in [0.05, 0.1) is 49.3 Å². The first kappa shape index (κ1) is 38.1. The van der Waals surface area contributed by atoms with Gasteiger partial charge < -0.3 is 9.59 Å². The van der Waals surface area contributed by atoms with Crippen molar-refractivity contribution in [2.45, 2.75) is 203 Å². The number of rotatable bonds is 0. The van der Waals surface area contributed by atoms with Crippen LogP contribution in [0.25, 0.3) is 0 Å². The molecule has 24 unspecified atom stereocenters. The van der Waals surface area contributed by atoms with Gasteiger partial charge in [0.15, 0.2) is 0 Å². The molecule has 59 heavy (non-hydrogen) atoms. The molecule has 14 fully saturated rings. The van der Waals surface area contributed by atoms with Crippen molar-refractivity contribution in [3.8, 4) is 0 Å². The fraction of sp³-hybridized carbons (Fsp3) is 1.00. The van der Waals surface area contributed by atoms with Crippen LogP contribution in [-0.2, 0) is 0 Å². The smallest absolute Gasteiger partial charge is 0.387 e. The molecule has 0 aromatic rings. The Morgan fingerprint density at radius 3 is 0.712 bits per heavy atom. The van der Waals surface area contributed by atoms with E-state index in [9.17, 15) is 9.59 Å². The van der Waals surface area contributed by atoms with Crippen molar-refractivity contribution in [1.82, 2.24) is 41.0 Å². The Kier molecular flexibility index (Phi) is 9.31. The summed E-state index contributed by atoms with van der Waals surface area (Å²) in [5, 5.41) is 26.6. The van der Waals surface area contributed by atoms with E-state index in [1.54, 1.807) is 0 Å². The van der Waals surface area contributed by atoms with E-state index in [2.05, 4.69) is 41.0 Å². The third-order valence-electron chi connectivity index (χ3n) is 22.4. The minimum atomic E-state index is -4.27. The number of nitrogens with zero attached hydrogens (tertiary/aromatic N) is 2. The zero-order chi connectivity index (χ0) is 38.7. The molecule has 0 spiro atoms. The topological polar surface area (TPSA) is 119 Å². The van der Waals surface area contributed by atoms with Crippen LogP contribution in [0.1, 0.15) is 154 Å². The van der Waals surface area contributed by atoms with Gasteiger partial charge in [-0.2, -0.15) is 0 Å². The fourth-order valence-electron chi connectivity index (χ4n) is 20.0. The maximum absolute atomic E-state index is 14.0. The van der Waals surface area contributed by atoms with E-state index in [1.165, 1.54) is 154 Å². The van der Waals surface area contributed by atoms with E-state index in [0.29, 0.717) is 47.3 Å². The lowest BCUT2D eigenvalue weighted by molar-refractivity contribution is 0.0274. The number of nitrogens with one attached hydrogen (secondary N) is 6. The normalized spacial score (nSPS) is 59.7. The van der Waals surface area contributed by atoms with Crippen LogP contribution < -0.4 is 31.9 Å². The summed E-state index contributed by atoms with van der Waals surface area (Å²) in [7, 11) is -4.27. The summed E-state index contributed by atoms with van der Waals surface area (Å²) in [6.07, 6.45) is 33.7. The summed E-state index contributed by atoms with van der Waals surface area (Å²) in [6, 6.07) is 0. The molecule has 24 atom stereocenters. The van der Waals surface area contributed by atoms with Gasteiger partial charge in [0.2, 0.25) is 0 Å². The van der Waals surface area contributed by atoms with Crippen LogP contribution in [0, 0.1) is 94.7 Å². The predicted octanol–water partition coefficient (Wildman–Crippen LogP) is 5.57. The van der Waals surface area contributed by atoms with Crippen molar-refractivity contribution >= 4 is 8.88 Å². The summed E-state index contributed by atoms with van der Waals surface area (Å²) in [4.78, 5) is 27.9. The highest BCUT2D eigenvalue weighted by atomic mass is 28.4. The Morgan fingerprint density at radius 2 is 0.492 bits per heavy atom. The third-order valence-corrected chi connectivity index (χ3v) is 24.9. The summed E-state index contributed by atoms with van der Waals surface area (Å²) >= 11 is 0. The standard InChI is InChI=1S/C48H80N8O2Si/c57-59(58)55-45-37-21-29-13-5-6-14-30(29)22-38(37)47(55)53-43-35-19-27-11-3-4-12-28(27)20-36(35)44(50-43)54-48-40-24-32-16-8-7-15-31(32)23-39(40)46(56(48)59)52-42-34-18-26-10-2-1-9-25(26)17-33(34)41(49-42)51-45/h25-54,57-58H,1-24H2. The zero-order valence-electron chi connectivity index (χ0n) is 36.1. The van der Waals surface area contributed by atoms with Crippen LogP contribution in [0.3, 0.4) is 0 Å². The molecule has 8 N–H and O–H groups in total. The average molecular weight is 829 g/mol. The van der Waals surface area contributed by atoms with Crippen molar-refractivity contribution < 1.29 is 9.59 Å². The lowest BCUT2D eigenvalue weighted by Gasteiger charge is -2.50. The monoisotopic (exact) mass is 829 g/mol. The van der Waals surface area contributed by atoms with Crippen molar-refractivity contribution in [2.75, 3.05) is 0 Å². The second-order valence-corrected chi connectivity index (χ2v) is 26.8. The lowest BCUT2D eigenvalue weighted by atomic mass is 9.62. The molecule has 0 aromatic heterocycles. The molecule has 8 saturated carbocycles. The quantitative estimate of drug-likeness (QED) is 0.148. The Balaban J connectivity index is 0.923. The zero-order valence-corrected chi connectivity index (χ0v) is 37.1. The molecule has 6 aliphatic heterocycles. The van der Waals surface area contributed by atoms with Crippen molar-refractivity contribution in [3.63, 3.8) is 0 Å². The Bertz CT molecular complexity index is 1390. The molecule has 8 aliphatic carbocycles. The highest BCUT2D eigenvalue weighted by molar-refractivity contribution is 6.59. The maximum atomic E-state index is 14.0. The second kappa shape index (κ2) is 14.4. The van der Waals surface area contributed by atoms with Gasteiger partial charge in [0, 0.05) is 0 Å². The summed E-state index contributed by atoms with van der Waals surface area (Å²) in [6.45, 7) is 0. The number of hydrogen-bond acceptors (Lipinski definition) is 10. The van der Waals surface area contributed by atoms with Gasteiger partial charge in [0.25, 0.3) is 0 Å². The summed E-state index contributed by atoms with van der Waals surface area (Å²) in [5.74, 6) is 10.8. The SMILES string of the molecule is O[Si]1(O)N2C3NC4NC(NC5C6CC7CCCCC7CC6C(NC6NC(NC2C2CC7CCCCC7CC23)C2CC3CCCCC3CC62)N51)C1CC2CCCCC2CC41. The van der Waals surface area contributed by atoms with Crippen LogP contribution in [0.5, 0.6) is 0 Å². The molecule has 6 heterocycles. The Morgan fingerprint density at radius 1 is 0.288 bits per heavy atom. The molecular formula is C48H80N8O2Si. The number of fused-ring (bicyclic) bond motifs is 20. The molecule has 6 bridgehead atoms. The van der Waals surface area contributed by atoms with E-state index >= 15 is 0 Å². The summed E-state index contributed by atoms with van der Waals surface area (Å²) < 4.78 is 4.94. The number of hydrogen-bond donors (Lipinski definition) is 8. The highest BCUT2D eigenvalue weighted by Gasteiger charge is 2.71. The molecule has 10 nitrogen and oxygen atoms in total. The molecule has 0 aromatic carbocycles. The average Bonchev–Trinajstić information content (AvgIpc) is 3.95. The first-order valence-corrected chi connectivity index (χ1v) is 28.3. The first-order chi connectivity index (χ1) is 28.9. The van der Waals surface area contributed by atoms with Crippen LogP contribution in [-0.4, -0.2) is 76.9 Å². The van der Waals surface area contributed by atoms with E-state index < -0.39 is 8.88 Å². The van der Waals surface area contributed by atoms with E-state index in [1.807, 2.05) is 0 Å². The maximum Gasteiger partial charge on any atom is 0.522 e. The van der Waals surface area contributed by atoms with Gasteiger partial charge in [0.1, 0.15) is 0 Å². The van der Waals surface area contributed by atoms with Crippen molar-refractivity contribution in [2.24, 2.45) is 94.7 Å². The lowest BCUT2D eigenvalue weighted by Crippen LogP contribution is -2.81. The highest BCUT2D eigenvalue weighted by Crippen LogP contribution is 2.59. The van der Waals surface area contributed by atoms with Crippen molar-refractivity contribution in [3.05, 3.63) is 0 Å². The molecule has 14 rings (SSSR count). The van der Waals surface area contributed by atoms with Gasteiger partial charge in [-0.05, 0) is 146 Å². The minimum Gasteiger partial charge on any atom is -0.387 e. The van der Waals surface area contributed by atoms with Gasteiger partial charge >= 0.3 is 8.88 Å². The predicted molar refractivity (Wildman–Crippen MR) is 230 cm³/mol. The molecule has 6 saturated heterocycles. The minimum absolute atomic E-state index is 0.0193. The van der Waals surface area contributed by atoms with Crippen LogP contribution in [0.4, 0.5) is 0 Å². The van der Waals surface area contributed by atoms with Gasteiger partial charge in [-0.3, -0.25) is 31.9 Å². The molecular weight excluding hydrogens is 749 g/mol. The van der Waals surface area contributed by atoms with E-state index in [-0.39, 0.29) is 49.3 Å². The largest absolute Gasteiger partial charge is 0.522 e. The molecule has 0 amide bonds. The van der Waals surface area contributed by atoms with Crippen LogP contribution in [0.2, 0.25) is 0 Å². The molecule has 11 heteroatoms.